The van der Waals surface area contributed by atoms with E-state index in [1.54, 1.807) is 13.8 Å². The van der Waals surface area contributed by atoms with Gasteiger partial charge in [-0.3, -0.25) is 14.9 Å². The number of hydrogen-bond donors (Lipinski definition) is 1. The van der Waals surface area contributed by atoms with E-state index < -0.39 is 16.3 Å². The van der Waals surface area contributed by atoms with E-state index in [0.29, 0.717) is 17.2 Å². The Morgan fingerprint density at radius 3 is 2.84 bits per heavy atom. The Morgan fingerprint density at radius 1 is 1.58 bits per heavy atom. The highest BCUT2D eigenvalue weighted by Gasteiger charge is 2.26. The van der Waals surface area contributed by atoms with E-state index in [-0.39, 0.29) is 5.69 Å². The first-order chi connectivity index (χ1) is 8.84. The second-order valence-corrected chi connectivity index (χ2v) is 6.83. The summed E-state index contributed by atoms with van der Waals surface area (Å²) in [6.45, 7) is 3.31. The molecule has 0 saturated heterocycles. The molecule has 0 unspecified atom stereocenters. The minimum absolute atomic E-state index is 0.0301. The largest absolute Gasteiger partial charge is 0.481 e. The second kappa shape index (κ2) is 6.76. The summed E-state index contributed by atoms with van der Waals surface area (Å²) in [6.07, 6.45) is 1.98. The SMILES string of the molecule is CC(C)(CCSSc1ncccc1[N+](=O)[O-])C(=O)O. The summed E-state index contributed by atoms with van der Waals surface area (Å²) >= 11 is 0. The van der Waals surface area contributed by atoms with Gasteiger partial charge in [0.1, 0.15) is 0 Å². The number of carboxylic acids is 1. The first-order valence-electron chi connectivity index (χ1n) is 5.47. The quantitative estimate of drug-likeness (QED) is 0.357. The molecule has 0 radical (unpaired) electrons. The molecule has 1 aromatic heterocycles. The minimum Gasteiger partial charge on any atom is -0.481 e. The molecule has 0 atom stereocenters. The highest BCUT2D eigenvalue weighted by molar-refractivity contribution is 8.76. The van der Waals surface area contributed by atoms with Gasteiger partial charge < -0.3 is 5.11 Å². The summed E-state index contributed by atoms with van der Waals surface area (Å²) in [4.78, 5) is 25.2. The zero-order valence-electron chi connectivity index (χ0n) is 10.5. The Hall–Kier alpha value is -1.28. The van der Waals surface area contributed by atoms with Crippen molar-refractivity contribution in [3.05, 3.63) is 28.4 Å². The molecule has 0 aromatic carbocycles. The van der Waals surface area contributed by atoms with Crippen molar-refractivity contribution in [2.24, 2.45) is 5.41 Å². The van der Waals surface area contributed by atoms with E-state index in [1.807, 2.05) is 0 Å². The van der Waals surface area contributed by atoms with E-state index in [1.165, 1.54) is 39.9 Å². The smallest absolute Gasteiger partial charge is 0.309 e. The Labute approximate surface area is 118 Å². The lowest BCUT2D eigenvalue weighted by Gasteiger charge is -2.17. The molecule has 0 amide bonds. The highest BCUT2D eigenvalue weighted by Crippen LogP contribution is 2.37. The Bertz CT molecular complexity index is 480. The lowest BCUT2D eigenvalue weighted by atomic mass is 9.91. The fraction of sp³-hybridized carbons (Fsp3) is 0.455. The number of nitro groups is 1. The molecule has 104 valence electrons. The maximum Gasteiger partial charge on any atom is 0.309 e. The molecule has 1 aromatic rings. The van der Waals surface area contributed by atoms with E-state index in [0.717, 1.165) is 0 Å². The average Bonchev–Trinajstić information content (AvgIpc) is 2.34. The van der Waals surface area contributed by atoms with Gasteiger partial charge in [-0.1, -0.05) is 10.8 Å². The van der Waals surface area contributed by atoms with Gasteiger partial charge in [0.05, 0.1) is 10.3 Å². The molecule has 0 spiro atoms. The van der Waals surface area contributed by atoms with Crippen LogP contribution in [0.15, 0.2) is 23.4 Å². The first-order valence-corrected chi connectivity index (χ1v) is 7.79. The third kappa shape index (κ3) is 4.71. The van der Waals surface area contributed by atoms with Crippen LogP contribution in [0.5, 0.6) is 0 Å². The van der Waals surface area contributed by atoms with Crippen LogP contribution >= 0.6 is 21.6 Å². The number of aliphatic carboxylic acids is 1. The van der Waals surface area contributed by atoms with Crippen molar-refractivity contribution in [3.8, 4) is 0 Å². The van der Waals surface area contributed by atoms with Gasteiger partial charge in [-0.05, 0) is 37.1 Å². The molecule has 0 aliphatic heterocycles. The van der Waals surface area contributed by atoms with E-state index in [2.05, 4.69) is 4.98 Å². The van der Waals surface area contributed by atoms with Crippen LogP contribution in [0.1, 0.15) is 20.3 Å². The molecule has 19 heavy (non-hydrogen) atoms. The van der Waals surface area contributed by atoms with Gasteiger partial charge in [-0.15, -0.1) is 0 Å². The molecule has 1 rings (SSSR count). The Kier molecular flexibility index (Phi) is 5.61. The van der Waals surface area contributed by atoms with Crippen molar-refractivity contribution in [1.82, 2.24) is 4.98 Å². The molecular weight excluding hydrogens is 288 g/mol. The molecule has 0 aliphatic carbocycles. The van der Waals surface area contributed by atoms with Gasteiger partial charge >= 0.3 is 11.7 Å². The predicted molar refractivity (Wildman–Crippen MR) is 75.2 cm³/mol. The topological polar surface area (TPSA) is 93.3 Å². The summed E-state index contributed by atoms with van der Waals surface area (Å²) in [5.41, 5.74) is -0.818. The van der Waals surface area contributed by atoms with Crippen LogP contribution in [0, 0.1) is 15.5 Å². The van der Waals surface area contributed by atoms with Crippen LogP contribution in [0.25, 0.3) is 0 Å². The first kappa shape index (κ1) is 15.8. The van der Waals surface area contributed by atoms with Gasteiger partial charge in [0.15, 0.2) is 5.03 Å². The van der Waals surface area contributed by atoms with Crippen LogP contribution < -0.4 is 0 Å². The zero-order valence-corrected chi connectivity index (χ0v) is 12.2. The van der Waals surface area contributed by atoms with Crippen LogP contribution in [-0.2, 0) is 4.79 Å². The van der Waals surface area contributed by atoms with Crippen LogP contribution in [-0.4, -0.2) is 26.7 Å². The van der Waals surface area contributed by atoms with E-state index in [9.17, 15) is 14.9 Å². The second-order valence-electron chi connectivity index (χ2n) is 4.43. The fourth-order valence-electron chi connectivity index (χ4n) is 1.09. The molecule has 0 aliphatic rings. The monoisotopic (exact) mass is 302 g/mol. The number of hydrogen-bond acceptors (Lipinski definition) is 6. The molecule has 0 fully saturated rings. The average molecular weight is 302 g/mol. The number of carbonyl (C=O) groups is 1. The molecule has 0 saturated carbocycles. The van der Waals surface area contributed by atoms with Crippen LogP contribution in [0.3, 0.4) is 0 Å². The number of aromatic nitrogens is 1. The van der Waals surface area contributed by atoms with Crippen molar-refractivity contribution < 1.29 is 14.8 Å². The Balaban J connectivity index is 2.51. The predicted octanol–water partition coefficient (Wildman–Crippen LogP) is 3.23. The third-order valence-electron chi connectivity index (χ3n) is 2.47. The maximum absolute atomic E-state index is 10.9. The molecular formula is C11H14N2O4S2. The summed E-state index contributed by atoms with van der Waals surface area (Å²) in [5, 5.41) is 20.1. The molecule has 1 heterocycles. The zero-order chi connectivity index (χ0) is 14.5. The summed E-state index contributed by atoms with van der Waals surface area (Å²) in [6, 6.07) is 2.91. The Morgan fingerprint density at radius 2 is 2.26 bits per heavy atom. The number of carboxylic acid groups (broad SMARTS) is 1. The maximum atomic E-state index is 10.9. The molecule has 6 nitrogen and oxygen atoms in total. The number of pyridine rings is 1. The van der Waals surface area contributed by atoms with Gasteiger partial charge in [-0.25, -0.2) is 4.98 Å². The third-order valence-corrected chi connectivity index (χ3v) is 4.76. The fourth-order valence-corrected chi connectivity index (χ4v) is 3.43. The molecule has 1 N–H and O–H groups in total. The summed E-state index contributed by atoms with van der Waals surface area (Å²) < 4.78 is 0. The molecule has 8 heteroatoms. The van der Waals surface area contributed by atoms with Crippen molar-refractivity contribution in [1.29, 1.82) is 0 Å². The van der Waals surface area contributed by atoms with E-state index >= 15 is 0 Å². The number of rotatable bonds is 7. The molecule has 0 bridgehead atoms. The lowest BCUT2D eigenvalue weighted by Crippen LogP contribution is -2.24. The summed E-state index contributed by atoms with van der Waals surface area (Å²) in [7, 11) is 2.57. The lowest BCUT2D eigenvalue weighted by molar-refractivity contribution is -0.388. The number of nitrogens with zero attached hydrogens (tertiary/aromatic N) is 2. The van der Waals surface area contributed by atoms with Crippen LogP contribution in [0.2, 0.25) is 0 Å². The van der Waals surface area contributed by atoms with Crippen molar-refractivity contribution >= 4 is 33.2 Å². The standard InChI is InChI=1S/C11H14N2O4S2/c1-11(2,10(14)15)5-7-18-19-9-8(13(16)17)4-3-6-12-9/h3-4,6H,5,7H2,1-2H3,(H,14,15). The van der Waals surface area contributed by atoms with Crippen molar-refractivity contribution in [3.63, 3.8) is 0 Å². The normalized spacial score (nSPS) is 11.3. The van der Waals surface area contributed by atoms with Gasteiger partial charge in [0.2, 0.25) is 0 Å². The van der Waals surface area contributed by atoms with Crippen molar-refractivity contribution in [2.45, 2.75) is 25.3 Å². The minimum atomic E-state index is -0.845. The van der Waals surface area contributed by atoms with Gasteiger partial charge in [0.25, 0.3) is 0 Å². The van der Waals surface area contributed by atoms with Crippen molar-refractivity contribution in [2.75, 3.05) is 5.75 Å². The van der Waals surface area contributed by atoms with Gasteiger partial charge in [0, 0.05) is 18.0 Å². The summed E-state index contributed by atoms with van der Waals surface area (Å²) in [5.74, 6) is -0.264. The highest BCUT2D eigenvalue weighted by atomic mass is 33.1. The van der Waals surface area contributed by atoms with E-state index in [4.69, 9.17) is 5.11 Å². The van der Waals surface area contributed by atoms with Crippen LogP contribution in [0.4, 0.5) is 5.69 Å². The van der Waals surface area contributed by atoms with Gasteiger partial charge in [-0.2, -0.15) is 0 Å².